The molecule has 102 valence electrons. The van der Waals surface area contributed by atoms with Crippen molar-refractivity contribution in [3.8, 4) is 0 Å². The Bertz CT molecular complexity index is 744. The van der Waals surface area contributed by atoms with Gasteiger partial charge in [-0.25, -0.2) is 4.39 Å². The lowest BCUT2D eigenvalue weighted by Crippen LogP contribution is -2.01. The Morgan fingerprint density at radius 2 is 1.85 bits per heavy atom. The minimum Gasteiger partial charge on any atom is -0.378 e. The van der Waals surface area contributed by atoms with Crippen molar-refractivity contribution < 1.29 is 4.39 Å². The van der Waals surface area contributed by atoms with E-state index < -0.39 is 5.82 Å². The zero-order valence-electron chi connectivity index (χ0n) is 10.4. The van der Waals surface area contributed by atoms with Gasteiger partial charge < -0.3 is 10.3 Å². The molecule has 0 saturated carbocycles. The lowest BCUT2D eigenvalue weighted by molar-refractivity contribution is 0.628. The second-order valence-corrected chi connectivity index (χ2v) is 5.27. The van der Waals surface area contributed by atoms with Gasteiger partial charge in [-0.15, -0.1) is 0 Å². The molecule has 0 atom stereocenters. The van der Waals surface area contributed by atoms with Gasteiger partial charge in [0.2, 0.25) is 0 Å². The maximum atomic E-state index is 13.1. The molecule has 1 heterocycles. The van der Waals surface area contributed by atoms with E-state index in [0.29, 0.717) is 12.2 Å². The van der Waals surface area contributed by atoms with Gasteiger partial charge in [0, 0.05) is 12.7 Å². The quantitative estimate of drug-likeness (QED) is 0.681. The average Bonchev–Trinajstić information content (AvgIpc) is 2.86. The molecule has 20 heavy (non-hydrogen) atoms. The van der Waals surface area contributed by atoms with E-state index in [4.69, 9.17) is 23.2 Å². The smallest absolute Gasteiger partial charge is 0.126 e. The molecule has 0 aliphatic carbocycles. The third-order valence-corrected chi connectivity index (χ3v) is 3.73. The van der Waals surface area contributed by atoms with Crippen LogP contribution in [0.1, 0.15) is 5.56 Å². The lowest BCUT2D eigenvalue weighted by Gasteiger charge is -2.11. The topological polar surface area (TPSA) is 27.8 Å². The molecule has 0 unspecified atom stereocenters. The summed E-state index contributed by atoms with van der Waals surface area (Å²) in [5, 5.41) is 4.84. The molecule has 2 aromatic carbocycles. The van der Waals surface area contributed by atoms with Gasteiger partial charge in [0.15, 0.2) is 0 Å². The highest BCUT2D eigenvalue weighted by Gasteiger charge is 2.09. The molecule has 2 nitrogen and oxygen atoms in total. The molecular formula is C15H11Cl2FN2. The van der Waals surface area contributed by atoms with Crippen molar-refractivity contribution in [1.29, 1.82) is 0 Å². The predicted molar refractivity (Wildman–Crippen MR) is 82.0 cm³/mol. The number of aromatic nitrogens is 1. The monoisotopic (exact) mass is 308 g/mol. The van der Waals surface area contributed by atoms with E-state index in [0.717, 1.165) is 16.5 Å². The van der Waals surface area contributed by atoms with Crippen molar-refractivity contribution in [1.82, 2.24) is 4.98 Å². The Labute approximate surface area is 125 Å². The molecule has 0 bridgehead atoms. The second-order valence-electron chi connectivity index (χ2n) is 4.46. The van der Waals surface area contributed by atoms with Crippen LogP contribution in [0.25, 0.3) is 10.9 Å². The lowest BCUT2D eigenvalue weighted by atomic mass is 10.1. The number of anilines is 1. The summed E-state index contributed by atoms with van der Waals surface area (Å²) in [7, 11) is 0. The highest BCUT2D eigenvalue weighted by Crippen LogP contribution is 2.32. The highest BCUT2D eigenvalue weighted by atomic mass is 35.5. The summed E-state index contributed by atoms with van der Waals surface area (Å²) in [5.74, 6) is -0.447. The summed E-state index contributed by atoms with van der Waals surface area (Å²) in [5.41, 5.74) is 2.69. The zero-order valence-corrected chi connectivity index (χ0v) is 11.9. The average molecular weight is 309 g/mol. The fourth-order valence-corrected chi connectivity index (χ4v) is 2.79. The summed E-state index contributed by atoms with van der Waals surface area (Å²) in [6.45, 7) is 0.545. The number of halogens is 3. The molecule has 0 fully saturated rings. The molecule has 0 spiro atoms. The van der Waals surface area contributed by atoms with E-state index in [9.17, 15) is 4.39 Å². The molecule has 0 aliphatic rings. The van der Waals surface area contributed by atoms with Crippen molar-refractivity contribution in [2.75, 3.05) is 5.32 Å². The number of aromatic amines is 1. The Kier molecular flexibility index (Phi) is 3.55. The van der Waals surface area contributed by atoms with E-state index in [1.165, 1.54) is 12.1 Å². The third-order valence-electron chi connectivity index (χ3n) is 3.14. The van der Waals surface area contributed by atoms with Crippen LogP contribution in [-0.4, -0.2) is 4.98 Å². The number of para-hydroxylation sites is 1. The van der Waals surface area contributed by atoms with Gasteiger partial charge in [0.25, 0.3) is 0 Å². The molecule has 0 saturated heterocycles. The van der Waals surface area contributed by atoms with Gasteiger partial charge in [-0.3, -0.25) is 0 Å². The van der Waals surface area contributed by atoms with Crippen molar-refractivity contribution >= 4 is 39.8 Å². The number of benzene rings is 2. The molecule has 0 aliphatic heterocycles. The molecule has 0 radical (unpaired) electrons. The van der Waals surface area contributed by atoms with Gasteiger partial charge in [-0.2, -0.15) is 0 Å². The van der Waals surface area contributed by atoms with E-state index >= 15 is 0 Å². The van der Waals surface area contributed by atoms with Gasteiger partial charge in [0.05, 0.1) is 21.2 Å². The first-order valence-electron chi connectivity index (χ1n) is 6.08. The number of rotatable bonds is 3. The second kappa shape index (κ2) is 5.35. The number of H-pyrrole nitrogens is 1. The first-order valence-corrected chi connectivity index (χ1v) is 6.84. The van der Waals surface area contributed by atoms with Gasteiger partial charge in [-0.05, 0) is 29.1 Å². The van der Waals surface area contributed by atoms with E-state index in [-0.39, 0.29) is 10.0 Å². The largest absolute Gasteiger partial charge is 0.378 e. The molecule has 2 N–H and O–H groups in total. The van der Waals surface area contributed by atoms with Crippen LogP contribution < -0.4 is 5.32 Å². The summed E-state index contributed by atoms with van der Waals surface area (Å²) in [4.78, 5) is 3.20. The standard InChI is InChI=1S/C15H11Cl2FN2/c16-12-6-11(18)7-13(17)15(12)20-8-10-3-1-2-9-4-5-19-14(9)10/h1-7,19-20H,8H2. The molecule has 5 heteroatoms. The summed E-state index contributed by atoms with van der Waals surface area (Å²) in [6.07, 6.45) is 1.89. The van der Waals surface area contributed by atoms with Crippen LogP contribution in [0.3, 0.4) is 0 Å². The number of fused-ring (bicyclic) bond motifs is 1. The normalized spacial score (nSPS) is 10.9. The van der Waals surface area contributed by atoms with Crippen LogP contribution in [0.2, 0.25) is 10.0 Å². The number of nitrogens with one attached hydrogen (secondary N) is 2. The fourth-order valence-electron chi connectivity index (χ4n) is 2.19. The fraction of sp³-hybridized carbons (Fsp3) is 0.0667. The Morgan fingerprint density at radius 3 is 2.60 bits per heavy atom. The minimum atomic E-state index is -0.447. The summed E-state index contributed by atoms with van der Waals surface area (Å²) < 4.78 is 13.1. The molecule has 0 amide bonds. The molecule has 1 aromatic heterocycles. The van der Waals surface area contributed by atoms with Crippen LogP contribution in [0.5, 0.6) is 0 Å². The van der Waals surface area contributed by atoms with Crippen LogP contribution in [0, 0.1) is 5.82 Å². The van der Waals surface area contributed by atoms with E-state index in [1.807, 2.05) is 30.5 Å². The van der Waals surface area contributed by atoms with Crippen molar-refractivity contribution in [2.45, 2.75) is 6.54 Å². The predicted octanol–water partition coefficient (Wildman–Crippen LogP) is 5.23. The first-order chi connectivity index (χ1) is 9.65. The van der Waals surface area contributed by atoms with Gasteiger partial charge in [0.1, 0.15) is 5.82 Å². The Hall–Kier alpha value is -1.71. The zero-order chi connectivity index (χ0) is 14.1. The first kappa shape index (κ1) is 13.3. The van der Waals surface area contributed by atoms with Crippen LogP contribution in [0.15, 0.2) is 42.6 Å². The van der Waals surface area contributed by atoms with Crippen molar-refractivity contribution in [3.05, 3.63) is 64.0 Å². The molecular weight excluding hydrogens is 298 g/mol. The van der Waals surface area contributed by atoms with Crippen molar-refractivity contribution in [2.24, 2.45) is 0 Å². The number of hydrogen-bond acceptors (Lipinski definition) is 1. The minimum absolute atomic E-state index is 0.272. The van der Waals surface area contributed by atoms with Gasteiger partial charge in [-0.1, -0.05) is 41.4 Å². The van der Waals surface area contributed by atoms with Crippen LogP contribution in [0.4, 0.5) is 10.1 Å². The summed E-state index contributed by atoms with van der Waals surface area (Å²) in [6, 6.07) is 10.5. The number of hydrogen-bond donors (Lipinski definition) is 2. The maximum absolute atomic E-state index is 13.1. The molecule has 3 rings (SSSR count). The van der Waals surface area contributed by atoms with E-state index in [1.54, 1.807) is 0 Å². The maximum Gasteiger partial charge on any atom is 0.126 e. The van der Waals surface area contributed by atoms with E-state index in [2.05, 4.69) is 10.3 Å². The van der Waals surface area contributed by atoms with Crippen LogP contribution >= 0.6 is 23.2 Å². The third kappa shape index (κ3) is 2.47. The van der Waals surface area contributed by atoms with Crippen LogP contribution in [-0.2, 0) is 6.54 Å². The van der Waals surface area contributed by atoms with Crippen molar-refractivity contribution in [3.63, 3.8) is 0 Å². The van der Waals surface area contributed by atoms with Gasteiger partial charge >= 0.3 is 0 Å². The SMILES string of the molecule is Fc1cc(Cl)c(NCc2cccc3cc[nH]c23)c(Cl)c1. The highest BCUT2D eigenvalue weighted by molar-refractivity contribution is 6.39. The Morgan fingerprint density at radius 1 is 1.10 bits per heavy atom. The summed E-state index contributed by atoms with van der Waals surface area (Å²) >= 11 is 12.0. The molecule has 3 aromatic rings. The Balaban J connectivity index is 1.89.